The summed E-state index contributed by atoms with van der Waals surface area (Å²) in [5, 5.41) is 14.4. The van der Waals surface area contributed by atoms with Crippen molar-refractivity contribution in [2.24, 2.45) is 0 Å². The van der Waals surface area contributed by atoms with Crippen LogP contribution in [0, 0.1) is 0 Å². The number of rotatable bonds is 0. The van der Waals surface area contributed by atoms with Crippen molar-refractivity contribution < 1.29 is 0 Å². The summed E-state index contributed by atoms with van der Waals surface area (Å²) in [5.41, 5.74) is 62.7. The standard InChI is InChI=1S/4C32H19N3/c1-2-6-22-18(5-1)11-19-12-20-13-21-14-27-26(16-25(21)24(20)15-23(19)22)28-17-33-10-9-30(28)35-31-8-4-3-7-29(31)34-32(27)35;1-2-6-21-18(5-1)14-25-22(21)10-9-19-13-20-15-26-24(16-23(20)31(19)25)27-17-33-12-11-29(27)35-30-8-4-3-7-28(30)34-32(26)35;1-2-6-20-18(5-1)13-24-21(20)9-10-22-23-16-26-27(15-19(23)14-25(22)24)32-34-29-7-3-4-8-31(29)35(32)30-11-12-33-17-28(26)30;1-2-6-22-18(5-1)13-19-9-10-20-14-21-15-25-24(16-23(21)31(20)30(19)22)26-17-33-12-11-28(26)35-29-8-4-3-7-27(29)34-32(25)35/h1-10,12,14-17H,11,13H2;3*1-12,15-17H,13-14H2. The average molecular weight is 1780 g/mol. The Morgan fingerprint density at radius 2 is 0.429 bits per heavy atom. The van der Waals surface area contributed by atoms with Gasteiger partial charge in [0.15, 0.2) is 0 Å². The summed E-state index contributed by atoms with van der Waals surface area (Å²) in [6.07, 6.45) is 23.6. The molecule has 0 spiro atoms. The van der Waals surface area contributed by atoms with Gasteiger partial charge in [-0.25, -0.2) is 19.9 Å². The summed E-state index contributed by atoms with van der Waals surface area (Å²) in [6, 6.07) is 116. The van der Waals surface area contributed by atoms with Gasteiger partial charge in [0.25, 0.3) is 0 Å². The van der Waals surface area contributed by atoms with Gasteiger partial charge in [0.1, 0.15) is 22.6 Å². The van der Waals surface area contributed by atoms with Crippen LogP contribution in [0.1, 0.15) is 89.0 Å². The second-order valence-electron chi connectivity index (χ2n) is 39.4. The predicted octanol–water partition coefficient (Wildman–Crippen LogP) is 29.3. The third kappa shape index (κ3) is 10.4. The third-order valence-corrected chi connectivity index (χ3v) is 32.4. The molecular weight excluding hydrogens is 1710 g/mol. The highest BCUT2D eigenvalue weighted by Crippen LogP contribution is 2.56. The Morgan fingerprint density at radius 1 is 0.157 bits per heavy atom. The highest BCUT2D eigenvalue weighted by atomic mass is 15.0. The Morgan fingerprint density at radius 3 is 0.886 bits per heavy atom. The van der Waals surface area contributed by atoms with Crippen molar-refractivity contribution in [3.63, 3.8) is 0 Å². The fraction of sp³-hybridized carbons (Fsp3) is 0.0625. The molecule has 0 saturated heterocycles. The molecule has 8 aliphatic carbocycles. The minimum atomic E-state index is 0.966. The minimum Gasteiger partial charge on any atom is -0.292 e. The lowest BCUT2D eigenvalue weighted by Gasteiger charge is -2.13. The van der Waals surface area contributed by atoms with Crippen molar-refractivity contribution in [1.82, 2.24) is 57.5 Å². The molecule has 0 saturated carbocycles. The van der Waals surface area contributed by atoms with Crippen LogP contribution >= 0.6 is 0 Å². The maximum absolute atomic E-state index is 5.10. The fourth-order valence-electron chi connectivity index (χ4n) is 26.4. The Hall–Kier alpha value is -18.0. The van der Waals surface area contributed by atoms with Crippen LogP contribution in [0.15, 0.2) is 365 Å². The topological polar surface area (TPSA) is 121 Å². The molecule has 0 aliphatic heterocycles. The molecule has 28 aromatic rings. The van der Waals surface area contributed by atoms with E-state index in [4.69, 9.17) is 19.9 Å². The summed E-state index contributed by atoms with van der Waals surface area (Å²) in [7, 11) is 0. The number of imidazole rings is 4. The van der Waals surface area contributed by atoms with E-state index in [0.717, 1.165) is 140 Å². The van der Waals surface area contributed by atoms with Crippen molar-refractivity contribution >= 4 is 153 Å². The van der Waals surface area contributed by atoms with E-state index in [0.29, 0.717) is 0 Å². The zero-order valence-corrected chi connectivity index (χ0v) is 75.7. The molecule has 8 aliphatic rings. The molecule has 0 bridgehead atoms. The number of fused-ring (bicyclic) bond motifs is 59. The first kappa shape index (κ1) is 75.3. The maximum Gasteiger partial charge on any atom is 0.146 e. The third-order valence-electron chi connectivity index (χ3n) is 32.4. The van der Waals surface area contributed by atoms with Crippen molar-refractivity contribution in [3.05, 3.63) is 454 Å². The van der Waals surface area contributed by atoms with Crippen LogP contribution in [0.3, 0.4) is 0 Å². The minimum absolute atomic E-state index is 0.966. The largest absolute Gasteiger partial charge is 0.292 e. The molecule has 0 unspecified atom stereocenters. The van der Waals surface area contributed by atoms with Crippen LogP contribution < -0.4 is 0 Å². The van der Waals surface area contributed by atoms with Crippen molar-refractivity contribution in [1.29, 1.82) is 0 Å². The number of benzene rings is 16. The van der Waals surface area contributed by atoms with Crippen LogP contribution in [0.2, 0.25) is 0 Å². The van der Waals surface area contributed by atoms with Gasteiger partial charge in [0.05, 0.1) is 66.2 Å². The van der Waals surface area contributed by atoms with E-state index < -0.39 is 0 Å². The maximum atomic E-state index is 5.10. The van der Waals surface area contributed by atoms with Crippen molar-refractivity contribution in [2.45, 2.75) is 51.4 Å². The van der Waals surface area contributed by atoms with Gasteiger partial charge in [-0.15, -0.1) is 0 Å². The number of aromatic nitrogens is 12. The number of hydrogen-bond acceptors (Lipinski definition) is 8. The fourth-order valence-corrected chi connectivity index (χ4v) is 26.4. The SMILES string of the molecule is c1ccc2c(c1)Cc1c-2ccc2c1-c1cc3c4cnccc4n4c5ccccc5nc4c3cc1C2.c1ccc2c(c1)Cc1c-2ccc2c1Cc1cc3c(cc1-2)c1cnccc1n1c2ccccc2nc31.c1ccc2c(c1)Cc1cc3c(cc1-2)-c1cc2c4cnccc4n4c5ccccc5nc4c2cc1C3.c1ccc2c(c1)Cc1ccc3c(c1-2)-c1cc2c4cnccc4n4c5ccccc5nc4c2cc1C3. The van der Waals surface area contributed by atoms with E-state index in [2.05, 4.69) is 353 Å². The lowest BCUT2D eigenvalue weighted by molar-refractivity contribution is 1.16. The number of nitrogens with zero attached hydrogens (tertiary/aromatic N) is 12. The molecular formula is C128H76N12. The van der Waals surface area contributed by atoms with Gasteiger partial charge in [-0.3, -0.25) is 37.5 Å². The van der Waals surface area contributed by atoms with Gasteiger partial charge >= 0.3 is 0 Å². The molecule has 12 heterocycles. The van der Waals surface area contributed by atoms with Crippen LogP contribution in [0.4, 0.5) is 0 Å². The number of pyridine rings is 8. The van der Waals surface area contributed by atoms with Crippen LogP contribution in [-0.4, -0.2) is 57.5 Å². The van der Waals surface area contributed by atoms with Gasteiger partial charge in [-0.1, -0.05) is 188 Å². The van der Waals surface area contributed by atoms with Crippen LogP contribution in [-0.2, 0) is 51.4 Å². The lowest BCUT2D eigenvalue weighted by Crippen LogP contribution is -1.94. The van der Waals surface area contributed by atoms with Gasteiger partial charge in [0, 0.05) is 92.7 Å². The molecule has 36 rings (SSSR count). The summed E-state index contributed by atoms with van der Waals surface area (Å²) in [4.78, 5) is 38.4. The quantitative estimate of drug-likeness (QED) is 0.138. The monoisotopic (exact) mass is 1780 g/mol. The molecule has 0 amide bonds. The van der Waals surface area contributed by atoms with Gasteiger partial charge in [-0.2, -0.15) is 0 Å². The van der Waals surface area contributed by atoms with Gasteiger partial charge < -0.3 is 0 Å². The Kier molecular flexibility index (Phi) is 15.0. The second kappa shape index (κ2) is 27.9. The van der Waals surface area contributed by atoms with E-state index in [1.165, 1.54) is 243 Å². The molecule has 0 radical (unpaired) electrons. The molecule has 0 atom stereocenters. The smallest absolute Gasteiger partial charge is 0.146 e. The summed E-state index contributed by atoms with van der Waals surface area (Å²) >= 11 is 0. The van der Waals surface area contributed by atoms with E-state index in [-0.39, 0.29) is 0 Å². The highest BCUT2D eigenvalue weighted by Gasteiger charge is 2.36. The molecule has 12 aromatic heterocycles. The Balaban J connectivity index is 0.0000000829. The van der Waals surface area contributed by atoms with Crippen LogP contribution in [0.25, 0.3) is 242 Å². The first-order valence-corrected chi connectivity index (χ1v) is 48.7. The Labute approximate surface area is 799 Å². The molecule has 0 N–H and O–H groups in total. The number of hydrogen-bond donors (Lipinski definition) is 0. The molecule has 12 heteroatoms. The average Bonchev–Trinajstić information content (AvgIpc) is 1.56. The predicted molar refractivity (Wildman–Crippen MR) is 568 cm³/mol. The van der Waals surface area contributed by atoms with E-state index in [9.17, 15) is 0 Å². The molecule has 12 nitrogen and oxygen atoms in total. The highest BCUT2D eigenvalue weighted by molar-refractivity contribution is 6.21. The lowest BCUT2D eigenvalue weighted by atomic mass is 9.92. The molecule has 16 aromatic carbocycles. The van der Waals surface area contributed by atoms with Crippen molar-refractivity contribution in [3.8, 4) is 89.0 Å². The molecule has 140 heavy (non-hydrogen) atoms. The first-order valence-electron chi connectivity index (χ1n) is 48.7. The normalized spacial score (nSPS) is 13.5. The van der Waals surface area contributed by atoms with Gasteiger partial charge in [-0.05, 0) is 378 Å². The molecule has 0 fully saturated rings. The Bertz CT molecular complexity index is 10600. The van der Waals surface area contributed by atoms with E-state index in [1.54, 1.807) is 0 Å². The van der Waals surface area contributed by atoms with E-state index in [1.807, 2.05) is 49.6 Å². The summed E-state index contributed by atoms with van der Waals surface area (Å²) in [5.74, 6) is 0. The zero-order valence-electron chi connectivity index (χ0n) is 75.7. The zero-order chi connectivity index (χ0) is 90.7. The summed E-state index contributed by atoms with van der Waals surface area (Å²) < 4.78 is 9.21. The van der Waals surface area contributed by atoms with E-state index >= 15 is 0 Å². The first-order chi connectivity index (χ1) is 69.4. The summed E-state index contributed by atoms with van der Waals surface area (Å²) in [6.45, 7) is 0. The van der Waals surface area contributed by atoms with Crippen molar-refractivity contribution in [2.75, 3.05) is 0 Å². The van der Waals surface area contributed by atoms with Crippen LogP contribution in [0.5, 0.6) is 0 Å². The second-order valence-corrected chi connectivity index (χ2v) is 39.4. The number of para-hydroxylation sites is 8. The van der Waals surface area contributed by atoms with Gasteiger partial charge in [0.2, 0.25) is 0 Å². The molecule has 648 valence electrons.